The highest BCUT2D eigenvalue weighted by molar-refractivity contribution is 5.87. The molecule has 1 saturated carbocycles. The molecule has 0 atom stereocenters. The van der Waals surface area contributed by atoms with E-state index in [9.17, 15) is 14.4 Å². The van der Waals surface area contributed by atoms with Crippen molar-refractivity contribution in [2.45, 2.75) is 31.7 Å². The standard InChI is InChI=1S/C20H17FN6O3/c1-20(5-6-20)19-24-17(30-25-19)14-16-18(28)26(7-8-29-2)15-11(9-22)12(21)3-4-13(15)27(16)10-23-14/h3-4,10H,5-8H2,1-2H3. The van der Waals surface area contributed by atoms with Gasteiger partial charge in [0.1, 0.15) is 29.3 Å². The Bertz CT molecular complexity index is 1410. The molecule has 4 aromatic rings. The molecular formula is C20H17FN6O3. The van der Waals surface area contributed by atoms with Gasteiger partial charge in [-0.1, -0.05) is 12.1 Å². The van der Waals surface area contributed by atoms with E-state index in [4.69, 9.17) is 9.26 Å². The number of benzene rings is 1. The van der Waals surface area contributed by atoms with E-state index < -0.39 is 11.4 Å². The molecule has 0 radical (unpaired) electrons. The van der Waals surface area contributed by atoms with Crippen molar-refractivity contribution in [3.05, 3.63) is 46.0 Å². The van der Waals surface area contributed by atoms with Crippen LogP contribution in [0.15, 0.2) is 27.8 Å². The summed E-state index contributed by atoms with van der Waals surface area (Å²) < 4.78 is 27.7. The second kappa shape index (κ2) is 6.47. The number of ether oxygens (including phenoxy) is 1. The van der Waals surface area contributed by atoms with E-state index in [0.29, 0.717) is 11.3 Å². The van der Waals surface area contributed by atoms with Crippen molar-refractivity contribution in [1.29, 1.82) is 5.26 Å². The lowest BCUT2D eigenvalue weighted by atomic mass is 10.1. The van der Waals surface area contributed by atoms with Crippen molar-refractivity contribution in [3.8, 4) is 17.7 Å². The quantitative estimate of drug-likeness (QED) is 0.498. The first-order valence-corrected chi connectivity index (χ1v) is 9.44. The number of hydrogen-bond donors (Lipinski definition) is 0. The highest BCUT2D eigenvalue weighted by Crippen LogP contribution is 2.46. The molecule has 0 N–H and O–H groups in total. The van der Waals surface area contributed by atoms with Gasteiger partial charge in [-0.2, -0.15) is 10.2 Å². The third-order valence-electron chi connectivity index (χ3n) is 5.65. The zero-order valence-electron chi connectivity index (χ0n) is 16.3. The van der Waals surface area contributed by atoms with Crippen LogP contribution in [0.2, 0.25) is 0 Å². The predicted molar refractivity (Wildman–Crippen MR) is 103 cm³/mol. The minimum atomic E-state index is -0.700. The number of imidazole rings is 1. The second-order valence-electron chi connectivity index (χ2n) is 7.65. The summed E-state index contributed by atoms with van der Waals surface area (Å²) in [6, 6.07) is 4.57. The molecule has 0 bridgehead atoms. The lowest BCUT2D eigenvalue weighted by Crippen LogP contribution is -2.25. The average molecular weight is 408 g/mol. The van der Waals surface area contributed by atoms with Crippen molar-refractivity contribution in [3.63, 3.8) is 0 Å². The maximum absolute atomic E-state index is 14.3. The van der Waals surface area contributed by atoms with E-state index in [-0.39, 0.29) is 46.7 Å². The van der Waals surface area contributed by atoms with Crippen LogP contribution >= 0.6 is 0 Å². The highest BCUT2D eigenvalue weighted by atomic mass is 19.1. The predicted octanol–water partition coefficient (Wildman–Crippen LogP) is 2.41. The van der Waals surface area contributed by atoms with Crippen LogP contribution in [0.25, 0.3) is 28.1 Å². The number of fused-ring (bicyclic) bond motifs is 3. The third-order valence-corrected chi connectivity index (χ3v) is 5.65. The van der Waals surface area contributed by atoms with Crippen LogP contribution < -0.4 is 5.56 Å². The Hall–Kier alpha value is -3.58. The second-order valence-corrected chi connectivity index (χ2v) is 7.65. The number of hydrogen-bond acceptors (Lipinski definition) is 7. The Morgan fingerprint density at radius 3 is 2.87 bits per heavy atom. The monoisotopic (exact) mass is 408 g/mol. The molecule has 0 spiro atoms. The summed E-state index contributed by atoms with van der Waals surface area (Å²) in [5.41, 5.74) is 0.358. The van der Waals surface area contributed by atoms with Gasteiger partial charge >= 0.3 is 0 Å². The normalized spacial score (nSPS) is 15.0. The van der Waals surface area contributed by atoms with Gasteiger partial charge in [-0.25, -0.2) is 9.37 Å². The van der Waals surface area contributed by atoms with Crippen LogP contribution in [-0.4, -0.2) is 37.8 Å². The molecule has 1 aliphatic rings. The fraction of sp³-hybridized carbons (Fsp3) is 0.350. The van der Waals surface area contributed by atoms with E-state index in [2.05, 4.69) is 22.0 Å². The van der Waals surface area contributed by atoms with Gasteiger partial charge in [0, 0.05) is 19.1 Å². The third kappa shape index (κ3) is 2.55. The molecule has 10 heteroatoms. The molecule has 1 fully saturated rings. The number of halogens is 1. The first kappa shape index (κ1) is 18.4. The summed E-state index contributed by atoms with van der Waals surface area (Å²) in [5, 5.41) is 13.6. The number of aromatic nitrogens is 5. The van der Waals surface area contributed by atoms with Crippen LogP contribution in [0.5, 0.6) is 0 Å². The lowest BCUT2D eigenvalue weighted by molar-refractivity contribution is 0.187. The van der Waals surface area contributed by atoms with E-state index in [0.717, 1.165) is 12.8 Å². The van der Waals surface area contributed by atoms with E-state index in [1.807, 2.05) is 6.07 Å². The summed E-state index contributed by atoms with van der Waals surface area (Å²) in [6.07, 6.45) is 3.40. The molecule has 30 heavy (non-hydrogen) atoms. The van der Waals surface area contributed by atoms with Gasteiger partial charge in [0.25, 0.3) is 11.4 Å². The van der Waals surface area contributed by atoms with Gasteiger partial charge in [0.2, 0.25) is 0 Å². The molecule has 3 aromatic heterocycles. The van der Waals surface area contributed by atoms with E-state index in [1.54, 1.807) is 0 Å². The van der Waals surface area contributed by atoms with Crippen molar-refractivity contribution in [2.24, 2.45) is 0 Å². The molecule has 0 unspecified atom stereocenters. The number of nitrogens with zero attached hydrogens (tertiary/aromatic N) is 6. The Balaban J connectivity index is 1.83. The Labute approximate surface area is 169 Å². The lowest BCUT2D eigenvalue weighted by Gasteiger charge is -2.13. The first-order chi connectivity index (χ1) is 14.5. The van der Waals surface area contributed by atoms with Crippen LogP contribution in [0.4, 0.5) is 4.39 Å². The minimum absolute atomic E-state index is 0.0954. The summed E-state index contributed by atoms with van der Waals surface area (Å²) in [6.45, 7) is 2.40. The Morgan fingerprint density at radius 1 is 1.37 bits per heavy atom. The van der Waals surface area contributed by atoms with Gasteiger partial charge < -0.3 is 13.8 Å². The van der Waals surface area contributed by atoms with Gasteiger partial charge in [0.15, 0.2) is 11.5 Å². The molecule has 3 heterocycles. The fourth-order valence-corrected chi connectivity index (χ4v) is 3.62. The molecule has 1 aromatic carbocycles. The van der Waals surface area contributed by atoms with Gasteiger partial charge in [0.05, 0.1) is 17.6 Å². The van der Waals surface area contributed by atoms with Crippen LogP contribution in [0.1, 0.15) is 31.2 Å². The van der Waals surface area contributed by atoms with Gasteiger partial charge in [-0.05, 0) is 25.0 Å². The first-order valence-electron chi connectivity index (χ1n) is 9.44. The zero-order chi connectivity index (χ0) is 21.0. The minimum Gasteiger partial charge on any atom is -0.383 e. The smallest absolute Gasteiger partial charge is 0.279 e. The maximum Gasteiger partial charge on any atom is 0.279 e. The van der Waals surface area contributed by atoms with Crippen molar-refractivity contribution in [1.82, 2.24) is 24.1 Å². The molecule has 152 valence electrons. The van der Waals surface area contributed by atoms with Crippen molar-refractivity contribution < 1.29 is 13.7 Å². The summed E-state index contributed by atoms with van der Waals surface area (Å²) >= 11 is 0. The fourth-order valence-electron chi connectivity index (χ4n) is 3.62. The van der Waals surface area contributed by atoms with Gasteiger partial charge in [-0.3, -0.25) is 9.20 Å². The average Bonchev–Trinajstić information content (AvgIpc) is 3.15. The molecule has 5 rings (SSSR count). The number of methoxy groups -OCH3 is 1. The molecule has 0 saturated heterocycles. The van der Waals surface area contributed by atoms with Crippen molar-refractivity contribution in [2.75, 3.05) is 13.7 Å². The van der Waals surface area contributed by atoms with E-state index in [1.165, 1.54) is 34.5 Å². The summed E-state index contributed by atoms with van der Waals surface area (Å²) in [5.74, 6) is 0.0421. The Morgan fingerprint density at radius 2 is 2.17 bits per heavy atom. The van der Waals surface area contributed by atoms with E-state index >= 15 is 0 Å². The largest absolute Gasteiger partial charge is 0.383 e. The Kier molecular flexibility index (Phi) is 3.98. The molecule has 0 amide bonds. The topological polar surface area (TPSA) is 111 Å². The molecule has 0 aliphatic heterocycles. The highest BCUT2D eigenvalue weighted by Gasteiger charge is 2.44. The molecule has 1 aliphatic carbocycles. The van der Waals surface area contributed by atoms with Gasteiger partial charge in [-0.15, -0.1) is 0 Å². The van der Waals surface area contributed by atoms with Crippen LogP contribution in [0.3, 0.4) is 0 Å². The summed E-state index contributed by atoms with van der Waals surface area (Å²) in [4.78, 5) is 22.2. The van der Waals surface area contributed by atoms with Crippen LogP contribution in [-0.2, 0) is 16.7 Å². The number of nitriles is 1. The summed E-state index contributed by atoms with van der Waals surface area (Å²) in [7, 11) is 1.50. The molecule has 9 nitrogen and oxygen atoms in total. The SMILES string of the molecule is COCCn1c(=O)c2c(-c3nc(C4(C)CC4)no3)ncn2c2ccc(F)c(C#N)c21. The number of rotatable bonds is 5. The van der Waals surface area contributed by atoms with Crippen molar-refractivity contribution >= 4 is 16.6 Å². The van der Waals surface area contributed by atoms with Crippen LogP contribution in [0, 0.1) is 17.1 Å². The zero-order valence-corrected chi connectivity index (χ0v) is 16.3. The maximum atomic E-state index is 14.3. The molecular weight excluding hydrogens is 391 g/mol.